The van der Waals surface area contributed by atoms with Crippen molar-refractivity contribution in [2.75, 3.05) is 5.88 Å². The fourth-order valence-electron chi connectivity index (χ4n) is 0.500. The molecule has 0 aliphatic rings. The number of unbranched alkanes of at least 4 members (excludes halogenated alkanes) is 3. The summed E-state index contributed by atoms with van der Waals surface area (Å²) in [5.41, 5.74) is 0. The Balaban J connectivity index is 0. The Hall–Kier alpha value is 0.870. The lowest BCUT2D eigenvalue weighted by atomic mass is 10.2. The van der Waals surface area contributed by atoms with Crippen molar-refractivity contribution in [2.24, 2.45) is 0 Å². The second-order valence-corrected chi connectivity index (χ2v) is 3.84. The quantitative estimate of drug-likeness (QED) is 0.478. The number of alkyl halides is 3. The molecule has 0 fully saturated rings. The topological polar surface area (TPSA) is 0 Å². The van der Waals surface area contributed by atoms with Crippen LogP contribution in [0.4, 0.5) is 0 Å². The highest BCUT2D eigenvalue weighted by Gasteiger charge is 1.88. The van der Waals surface area contributed by atoms with Crippen molar-refractivity contribution in [1.29, 1.82) is 0 Å². The fourth-order valence-corrected chi connectivity index (χ4v) is 0.500. The van der Waals surface area contributed by atoms with Crippen LogP contribution in [0.2, 0.25) is 0 Å². The molecule has 0 bridgehead atoms. The van der Waals surface area contributed by atoms with Crippen LogP contribution in [-0.4, -0.2) is 10.7 Å². The number of rotatable bonds is 4. The predicted molar refractivity (Wildman–Crippen MR) is 56.0 cm³/mol. The summed E-state index contributed by atoms with van der Waals surface area (Å²) in [7, 11) is 0. The van der Waals surface area contributed by atoms with Crippen LogP contribution in [-0.2, 0) is 0 Å². The molecule has 0 aromatic rings. The van der Waals surface area contributed by atoms with Crippen molar-refractivity contribution in [2.45, 2.75) is 44.4 Å². The molecular weight excluding hydrogens is 202 g/mol. The maximum atomic E-state index is 5.10. The fraction of sp³-hybridized carbons (Fsp3) is 1.00. The first-order chi connectivity index (χ1) is 5.18. The van der Waals surface area contributed by atoms with E-state index in [4.69, 9.17) is 34.8 Å². The molecule has 0 spiro atoms. The second kappa shape index (κ2) is 13.5. The average Bonchev–Trinajstić information content (AvgIpc) is 2.02. The van der Waals surface area contributed by atoms with Crippen molar-refractivity contribution in [3.05, 3.63) is 0 Å². The van der Waals surface area contributed by atoms with E-state index in [0.717, 1.165) is 0 Å². The van der Waals surface area contributed by atoms with Gasteiger partial charge in [0.1, 0.15) is 4.84 Å². The second-order valence-electron chi connectivity index (χ2n) is 2.25. The van der Waals surface area contributed by atoms with Crippen LogP contribution in [0.3, 0.4) is 0 Å². The Morgan fingerprint density at radius 1 is 1.00 bits per heavy atom. The summed E-state index contributed by atoms with van der Waals surface area (Å²) in [6.45, 7) is 4.46. The van der Waals surface area contributed by atoms with Crippen LogP contribution in [0.25, 0.3) is 0 Å². The summed E-state index contributed by atoms with van der Waals surface area (Å²) in [5.74, 6) is 0.309. The number of halogens is 3. The molecule has 0 N–H and O–H groups in total. The van der Waals surface area contributed by atoms with Gasteiger partial charge in [-0.25, -0.2) is 0 Å². The van der Waals surface area contributed by atoms with E-state index < -0.39 is 4.84 Å². The van der Waals surface area contributed by atoms with Crippen LogP contribution >= 0.6 is 34.8 Å². The highest BCUT2D eigenvalue weighted by atomic mass is 35.5. The average molecular weight is 220 g/mol. The van der Waals surface area contributed by atoms with Gasteiger partial charge in [0.2, 0.25) is 0 Å². The Morgan fingerprint density at radius 3 is 1.36 bits per heavy atom. The Labute approximate surface area is 85.2 Å². The van der Waals surface area contributed by atoms with Gasteiger partial charge < -0.3 is 0 Å². The third kappa shape index (κ3) is 24.8. The largest absolute Gasteiger partial charge is 0.124 e. The van der Waals surface area contributed by atoms with Crippen LogP contribution in [0, 0.1) is 0 Å². The van der Waals surface area contributed by atoms with Crippen LogP contribution in [0.15, 0.2) is 0 Å². The lowest BCUT2D eigenvalue weighted by Crippen LogP contribution is -1.82. The van der Waals surface area contributed by atoms with E-state index in [-0.39, 0.29) is 0 Å². The van der Waals surface area contributed by atoms with Crippen molar-refractivity contribution in [3.8, 4) is 0 Å². The Kier molecular flexibility index (Phi) is 17.6. The minimum absolute atomic E-state index is 0.309. The van der Waals surface area contributed by atoms with Gasteiger partial charge in [-0.05, 0) is 0 Å². The number of hydrogen-bond donors (Lipinski definition) is 0. The summed E-state index contributed by atoms with van der Waals surface area (Å²) in [5, 5.41) is 0. The summed E-state index contributed by atoms with van der Waals surface area (Å²) < 4.78 is 0. The predicted octanol–water partition coefficient (Wildman–Crippen LogP) is 4.62. The van der Waals surface area contributed by atoms with Crippen LogP contribution in [0.1, 0.15) is 39.5 Å². The van der Waals surface area contributed by atoms with E-state index in [1.807, 2.05) is 0 Å². The van der Waals surface area contributed by atoms with E-state index >= 15 is 0 Å². The molecule has 0 aromatic heterocycles. The number of hydrogen-bond acceptors (Lipinski definition) is 0. The molecule has 70 valence electrons. The van der Waals surface area contributed by atoms with Crippen molar-refractivity contribution >= 4 is 34.8 Å². The molecule has 0 nitrogen and oxygen atoms in total. The molecule has 0 unspecified atom stereocenters. The van der Waals surface area contributed by atoms with Gasteiger partial charge in [-0.3, -0.25) is 0 Å². The lowest BCUT2D eigenvalue weighted by Gasteiger charge is -1.86. The Morgan fingerprint density at radius 2 is 1.27 bits per heavy atom. The highest BCUT2D eigenvalue weighted by molar-refractivity contribution is 6.47. The first-order valence-corrected chi connectivity index (χ1v) is 5.43. The molecule has 0 saturated heterocycles. The first-order valence-electron chi connectivity index (χ1n) is 4.03. The van der Waals surface area contributed by atoms with Crippen molar-refractivity contribution in [1.82, 2.24) is 0 Å². The molecule has 0 rings (SSSR count). The van der Waals surface area contributed by atoms with Gasteiger partial charge in [0.05, 0.1) is 5.88 Å². The van der Waals surface area contributed by atoms with Gasteiger partial charge in [0, 0.05) is 0 Å². The zero-order valence-electron chi connectivity index (χ0n) is 7.25. The van der Waals surface area contributed by atoms with E-state index in [9.17, 15) is 0 Å². The van der Waals surface area contributed by atoms with Gasteiger partial charge in [-0.2, -0.15) is 0 Å². The Bertz CT molecular complexity index is 51.3. The molecule has 11 heavy (non-hydrogen) atoms. The first kappa shape index (κ1) is 14.4. The minimum atomic E-state index is -0.406. The maximum absolute atomic E-state index is 5.10. The standard InChI is InChI=1S/C6H14.C2H3Cl3/c1-3-5-6-4-2;3-1-2(4)5/h3-6H2,1-2H3;2H,1H2. The van der Waals surface area contributed by atoms with Crippen LogP contribution in [0.5, 0.6) is 0 Å². The van der Waals surface area contributed by atoms with Gasteiger partial charge in [0.25, 0.3) is 0 Å². The third-order valence-electron chi connectivity index (χ3n) is 1.07. The van der Waals surface area contributed by atoms with Gasteiger partial charge >= 0.3 is 0 Å². The summed E-state index contributed by atoms with van der Waals surface area (Å²) >= 11 is 15.3. The molecule has 0 aliphatic carbocycles. The zero-order chi connectivity index (χ0) is 9.11. The minimum Gasteiger partial charge on any atom is -0.124 e. The zero-order valence-corrected chi connectivity index (χ0v) is 9.51. The van der Waals surface area contributed by atoms with E-state index in [0.29, 0.717) is 5.88 Å². The maximum Gasteiger partial charge on any atom is 0.121 e. The van der Waals surface area contributed by atoms with Crippen LogP contribution < -0.4 is 0 Å². The lowest BCUT2D eigenvalue weighted by molar-refractivity contribution is 0.702. The summed E-state index contributed by atoms with van der Waals surface area (Å²) in [6.07, 6.45) is 5.54. The van der Waals surface area contributed by atoms with Crippen molar-refractivity contribution in [3.63, 3.8) is 0 Å². The molecule has 0 saturated carbocycles. The molecule has 0 radical (unpaired) electrons. The molecule has 0 aliphatic heterocycles. The van der Waals surface area contributed by atoms with Gasteiger partial charge in [0.15, 0.2) is 0 Å². The van der Waals surface area contributed by atoms with E-state index in [1.165, 1.54) is 25.7 Å². The highest BCUT2D eigenvalue weighted by Crippen LogP contribution is 2.01. The third-order valence-corrected chi connectivity index (χ3v) is 2.01. The summed E-state index contributed by atoms with van der Waals surface area (Å²) in [6, 6.07) is 0. The SMILES string of the molecule is CCCCCC.ClCC(Cl)Cl. The molecule has 0 heterocycles. The molecule has 3 heteroatoms. The smallest absolute Gasteiger partial charge is 0.121 e. The van der Waals surface area contributed by atoms with Gasteiger partial charge in [-0.1, -0.05) is 39.5 Å². The molecule has 0 amide bonds. The molecule has 0 aromatic carbocycles. The van der Waals surface area contributed by atoms with Gasteiger partial charge in [-0.15, -0.1) is 34.8 Å². The molecular formula is C8H17Cl3. The monoisotopic (exact) mass is 218 g/mol. The van der Waals surface area contributed by atoms with E-state index in [1.54, 1.807) is 0 Å². The van der Waals surface area contributed by atoms with E-state index in [2.05, 4.69) is 13.8 Å². The molecule has 0 atom stereocenters. The normalized spacial score (nSPS) is 9.27. The van der Waals surface area contributed by atoms with Crippen molar-refractivity contribution < 1.29 is 0 Å². The summed E-state index contributed by atoms with van der Waals surface area (Å²) in [4.78, 5) is -0.406.